The maximum Gasteiger partial charge on any atom is 0.0630 e. The van der Waals surface area contributed by atoms with Crippen molar-refractivity contribution in [1.29, 1.82) is 0 Å². The molecule has 4 nitrogen and oxygen atoms in total. The number of likely N-dealkylation sites (tertiary alicyclic amines) is 1. The highest BCUT2D eigenvalue weighted by molar-refractivity contribution is 5.07. The summed E-state index contributed by atoms with van der Waals surface area (Å²) in [6.07, 6.45) is 7.16. The molecule has 0 amide bonds. The van der Waals surface area contributed by atoms with Crippen LogP contribution in [0.5, 0.6) is 0 Å². The second-order valence-corrected chi connectivity index (χ2v) is 5.33. The van der Waals surface area contributed by atoms with Gasteiger partial charge in [-0.3, -0.25) is 9.58 Å². The van der Waals surface area contributed by atoms with Gasteiger partial charge in [-0.15, -0.1) is 0 Å². The Balaban J connectivity index is 1.59. The molecule has 4 heteroatoms. The van der Waals surface area contributed by atoms with Gasteiger partial charge in [0.2, 0.25) is 0 Å². The van der Waals surface area contributed by atoms with Gasteiger partial charge in [-0.05, 0) is 25.7 Å². The fourth-order valence-electron chi connectivity index (χ4n) is 3.40. The van der Waals surface area contributed by atoms with Gasteiger partial charge in [0, 0.05) is 44.5 Å². The Morgan fingerprint density at radius 2 is 2.35 bits per heavy atom. The molecule has 0 N–H and O–H groups in total. The number of aromatic nitrogens is 2. The maximum atomic E-state index is 5.80. The van der Waals surface area contributed by atoms with Crippen molar-refractivity contribution in [3.63, 3.8) is 0 Å². The lowest BCUT2D eigenvalue weighted by atomic mass is 10.1. The Kier molecular flexibility index (Phi) is 2.92. The second kappa shape index (κ2) is 4.42. The van der Waals surface area contributed by atoms with Gasteiger partial charge in [-0.1, -0.05) is 0 Å². The van der Waals surface area contributed by atoms with E-state index < -0.39 is 0 Å². The molecule has 3 atom stereocenters. The van der Waals surface area contributed by atoms with Gasteiger partial charge in [-0.25, -0.2) is 0 Å². The minimum Gasteiger partial charge on any atom is -0.378 e. The van der Waals surface area contributed by atoms with E-state index in [1.807, 2.05) is 17.9 Å². The summed E-state index contributed by atoms with van der Waals surface area (Å²) < 4.78 is 7.68. The number of nitrogens with zero attached hydrogens (tertiary/aromatic N) is 3. The van der Waals surface area contributed by atoms with Gasteiger partial charge in [0.15, 0.2) is 0 Å². The Morgan fingerprint density at radius 1 is 1.47 bits per heavy atom. The normalized spacial score (nSPS) is 32.5. The fraction of sp³-hybridized carbons (Fsp3) is 0.769. The molecule has 94 valence electrons. The molecule has 2 bridgehead atoms. The average molecular weight is 235 g/mol. The molecule has 0 unspecified atom stereocenters. The first-order valence-electron chi connectivity index (χ1n) is 6.59. The van der Waals surface area contributed by atoms with E-state index in [4.69, 9.17) is 4.74 Å². The summed E-state index contributed by atoms with van der Waals surface area (Å²) in [7, 11) is 1.98. The molecule has 1 aromatic rings. The number of hydrogen-bond donors (Lipinski definition) is 0. The number of rotatable bonds is 4. The number of ether oxygens (including phenoxy) is 1. The molecule has 0 radical (unpaired) electrons. The van der Waals surface area contributed by atoms with Crippen LogP contribution in [0.25, 0.3) is 0 Å². The van der Waals surface area contributed by atoms with Crippen molar-refractivity contribution in [2.45, 2.75) is 38.5 Å². The van der Waals surface area contributed by atoms with Crippen LogP contribution in [0.2, 0.25) is 0 Å². The number of hydrogen-bond acceptors (Lipinski definition) is 3. The zero-order valence-electron chi connectivity index (χ0n) is 10.7. The molecular formula is C13H21N3O. The van der Waals surface area contributed by atoms with Crippen molar-refractivity contribution in [2.75, 3.05) is 13.2 Å². The van der Waals surface area contributed by atoms with E-state index in [-0.39, 0.29) is 0 Å². The molecular weight excluding hydrogens is 214 g/mol. The lowest BCUT2D eigenvalue weighted by molar-refractivity contribution is 0.00475. The van der Waals surface area contributed by atoms with Crippen LogP contribution < -0.4 is 0 Å². The standard InChI is InChI=1S/C13H21N3O/c1-3-17-13-5-12-4-11(13)9-16(12)8-10-6-14-15(2)7-10/h6-7,11-13H,3-5,8-9H2,1-2H3/t11-,12+,13-/m0/s1. The molecule has 1 saturated heterocycles. The Morgan fingerprint density at radius 3 is 2.94 bits per heavy atom. The van der Waals surface area contributed by atoms with Gasteiger partial charge in [0.05, 0.1) is 12.3 Å². The number of fused-ring (bicyclic) bond motifs is 2. The Bertz CT molecular complexity index is 390. The molecule has 0 spiro atoms. The lowest BCUT2D eigenvalue weighted by Crippen LogP contribution is -2.38. The lowest BCUT2D eigenvalue weighted by Gasteiger charge is -2.30. The molecule has 2 heterocycles. The van der Waals surface area contributed by atoms with E-state index in [9.17, 15) is 0 Å². The first-order valence-corrected chi connectivity index (χ1v) is 6.59. The van der Waals surface area contributed by atoms with Crippen LogP contribution in [0.4, 0.5) is 0 Å². The van der Waals surface area contributed by atoms with E-state index in [1.54, 1.807) is 0 Å². The highest BCUT2D eigenvalue weighted by Gasteiger charge is 2.44. The number of aryl methyl sites for hydroxylation is 1. The summed E-state index contributed by atoms with van der Waals surface area (Å²) in [6.45, 7) is 5.20. The van der Waals surface area contributed by atoms with Crippen LogP contribution in [-0.4, -0.2) is 40.0 Å². The van der Waals surface area contributed by atoms with Gasteiger partial charge in [0.25, 0.3) is 0 Å². The quantitative estimate of drug-likeness (QED) is 0.790. The van der Waals surface area contributed by atoms with Crippen molar-refractivity contribution in [3.8, 4) is 0 Å². The molecule has 17 heavy (non-hydrogen) atoms. The Hall–Kier alpha value is -0.870. The monoisotopic (exact) mass is 235 g/mol. The highest BCUT2D eigenvalue weighted by atomic mass is 16.5. The van der Waals surface area contributed by atoms with E-state index >= 15 is 0 Å². The molecule has 3 rings (SSSR count). The third kappa shape index (κ3) is 2.11. The van der Waals surface area contributed by atoms with Crippen molar-refractivity contribution in [1.82, 2.24) is 14.7 Å². The van der Waals surface area contributed by atoms with Crippen LogP contribution in [0.3, 0.4) is 0 Å². The Labute approximate surface area is 103 Å². The predicted octanol–water partition coefficient (Wildman–Crippen LogP) is 1.42. The minimum atomic E-state index is 0.523. The first kappa shape index (κ1) is 11.2. The third-order valence-corrected chi connectivity index (χ3v) is 4.12. The maximum absolute atomic E-state index is 5.80. The summed E-state index contributed by atoms with van der Waals surface area (Å²) in [4.78, 5) is 2.59. The zero-order chi connectivity index (χ0) is 11.8. The fourth-order valence-corrected chi connectivity index (χ4v) is 3.40. The molecule has 1 saturated carbocycles. The summed E-state index contributed by atoms with van der Waals surface area (Å²) in [6, 6.07) is 0.733. The van der Waals surface area contributed by atoms with Crippen molar-refractivity contribution in [3.05, 3.63) is 18.0 Å². The summed E-state index contributed by atoms with van der Waals surface area (Å²) >= 11 is 0. The van der Waals surface area contributed by atoms with Gasteiger partial charge in [-0.2, -0.15) is 5.10 Å². The van der Waals surface area contributed by atoms with Crippen molar-refractivity contribution >= 4 is 0 Å². The smallest absolute Gasteiger partial charge is 0.0630 e. The number of piperidine rings is 1. The van der Waals surface area contributed by atoms with Crippen molar-refractivity contribution in [2.24, 2.45) is 13.0 Å². The molecule has 1 aliphatic heterocycles. The summed E-state index contributed by atoms with van der Waals surface area (Å²) in [5.74, 6) is 0.761. The van der Waals surface area contributed by atoms with E-state index in [0.717, 1.165) is 25.1 Å². The zero-order valence-corrected chi connectivity index (χ0v) is 10.7. The van der Waals surface area contributed by atoms with Crippen LogP contribution in [0.1, 0.15) is 25.3 Å². The average Bonchev–Trinajstić information content (AvgIpc) is 2.95. The highest BCUT2D eigenvalue weighted by Crippen LogP contribution is 2.40. The second-order valence-electron chi connectivity index (χ2n) is 5.33. The van der Waals surface area contributed by atoms with E-state index in [0.29, 0.717) is 6.10 Å². The predicted molar refractivity (Wildman–Crippen MR) is 65.5 cm³/mol. The van der Waals surface area contributed by atoms with E-state index in [2.05, 4.69) is 23.1 Å². The SMILES string of the molecule is CCO[C@H]1C[C@H]2C[C@H]1CN2Cc1cnn(C)c1. The van der Waals surface area contributed by atoms with Crippen LogP contribution in [0, 0.1) is 5.92 Å². The molecule has 1 aliphatic carbocycles. The largest absolute Gasteiger partial charge is 0.378 e. The van der Waals surface area contributed by atoms with Gasteiger partial charge >= 0.3 is 0 Å². The molecule has 2 fully saturated rings. The third-order valence-electron chi connectivity index (χ3n) is 4.12. The van der Waals surface area contributed by atoms with Crippen LogP contribution in [-0.2, 0) is 18.3 Å². The molecule has 2 aliphatic rings. The first-order chi connectivity index (χ1) is 8.26. The van der Waals surface area contributed by atoms with Gasteiger partial charge < -0.3 is 4.74 Å². The molecule has 1 aromatic heterocycles. The van der Waals surface area contributed by atoms with Crippen LogP contribution in [0.15, 0.2) is 12.4 Å². The molecule has 0 aromatic carbocycles. The van der Waals surface area contributed by atoms with Crippen molar-refractivity contribution < 1.29 is 4.74 Å². The van der Waals surface area contributed by atoms with Crippen LogP contribution >= 0.6 is 0 Å². The minimum absolute atomic E-state index is 0.523. The summed E-state index contributed by atoms with van der Waals surface area (Å²) in [5, 5.41) is 4.23. The topological polar surface area (TPSA) is 30.3 Å². The summed E-state index contributed by atoms with van der Waals surface area (Å²) in [5.41, 5.74) is 1.33. The van der Waals surface area contributed by atoms with Gasteiger partial charge in [0.1, 0.15) is 0 Å². The van der Waals surface area contributed by atoms with E-state index in [1.165, 1.54) is 24.9 Å².